The number of nitrogens with zero attached hydrogens (tertiary/aromatic N) is 3. The smallest absolute Gasteiger partial charge is 0.322 e. The van der Waals surface area contributed by atoms with Gasteiger partial charge in [0.15, 0.2) is 0 Å². The molecule has 2 amide bonds. The minimum Gasteiger partial charge on any atom is -0.486 e. The van der Waals surface area contributed by atoms with Crippen molar-refractivity contribution in [3.8, 4) is 5.75 Å². The molecule has 2 saturated heterocycles. The van der Waals surface area contributed by atoms with Crippen LogP contribution >= 0.6 is 23.2 Å². The van der Waals surface area contributed by atoms with Gasteiger partial charge < -0.3 is 19.9 Å². The van der Waals surface area contributed by atoms with Crippen molar-refractivity contribution in [3.05, 3.63) is 52.5 Å². The van der Waals surface area contributed by atoms with E-state index < -0.39 is 5.60 Å². The van der Waals surface area contributed by atoms with Crippen LogP contribution in [0.15, 0.2) is 42.5 Å². The summed E-state index contributed by atoms with van der Waals surface area (Å²) < 4.78 is 6.20. The molecule has 0 spiro atoms. The Bertz CT molecular complexity index is 977. The molecule has 0 saturated carbocycles. The monoisotopic (exact) mass is 490 g/mol. The van der Waals surface area contributed by atoms with E-state index in [-0.39, 0.29) is 6.03 Å². The van der Waals surface area contributed by atoms with E-state index in [0.717, 1.165) is 44.0 Å². The third kappa shape index (κ3) is 5.68. The molecule has 8 heteroatoms. The Morgan fingerprint density at radius 2 is 1.73 bits per heavy atom. The summed E-state index contributed by atoms with van der Waals surface area (Å²) in [5, 5.41) is 4.30. The van der Waals surface area contributed by atoms with Gasteiger partial charge in [0.05, 0.1) is 22.9 Å². The van der Waals surface area contributed by atoms with E-state index in [2.05, 4.69) is 29.0 Å². The number of piperazine rings is 1. The maximum atomic E-state index is 13.2. The van der Waals surface area contributed by atoms with E-state index in [1.807, 2.05) is 37.3 Å². The maximum Gasteiger partial charge on any atom is 0.322 e. The molecule has 1 N–H and O–H groups in total. The highest BCUT2D eigenvalue weighted by atomic mass is 35.5. The van der Waals surface area contributed by atoms with Gasteiger partial charge in [0.1, 0.15) is 11.4 Å². The molecule has 2 heterocycles. The van der Waals surface area contributed by atoms with Crippen LogP contribution in [-0.2, 0) is 0 Å². The standard InChI is InChI=1S/C25H32Cl2N4O2/c1-18(2)29-13-15-30(16-14-29)22-6-4-5-21(27)23(22)28-24(32)31-12-11-25(3,17-31)33-20-9-7-19(26)8-10-20/h4-10,18H,11-17H2,1-3H3,(H,28,32)/t25-/m1/s1. The number of urea groups is 1. The molecule has 2 aromatic rings. The molecule has 0 bridgehead atoms. The van der Waals surface area contributed by atoms with Crippen molar-refractivity contribution in [2.24, 2.45) is 0 Å². The average molecular weight is 491 g/mol. The highest BCUT2D eigenvalue weighted by Gasteiger charge is 2.38. The van der Waals surface area contributed by atoms with Crippen LogP contribution in [0.25, 0.3) is 0 Å². The quantitative estimate of drug-likeness (QED) is 0.592. The van der Waals surface area contributed by atoms with Gasteiger partial charge >= 0.3 is 6.03 Å². The van der Waals surface area contributed by atoms with Gasteiger partial charge in [-0.15, -0.1) is 0 Å². The number of carbonyl (C=O) groups is 1. The van der Waals surface area contributed by atoms with Crippen molar-refractivity contribution in [2.45, 2.75) is 38.8 Å². The molecule has 2 fully saturated rings. The second kappa shape index (κ2) is 10.00. The molecule has 178 valence electrons. The summed E-state index contributed by atoms with van der Waals surface area (Å²) in [4.78, 5) is 19.7. The highest BCUT2D eigenvalue weighted by molar-refractivity contribution is 6.34. The first-order valence-electron chi connectivity index (χ1n) is 11.5. The minimum absolute atomic E-state index is 0.159. The molecule has 2 aliphatic rings. The largest absolute Gasteiger partial charge is 0.486 e. The van der Waals surface area contributed by atoms with Crippen LogP contribution in [-0.4, -0.2) is 66.7 Å². The lowest BCUT2D eigenvalue weighted by atomic mass is 10.1. The van der Waals surface area contributed by atoms with Crippen molar-refractivity contribution in [1.82, 2.24) is 9.80 Å². The van der Waals surface area contributed by atoms with Crippen LogP contribution in [0.3, 0.4) is 0 Å². The number of benzene rings is 2. The fourth-order valence-corrected chi connectivity index (χ4v) is 4.89. The van der Waals surface area contributed by atoms with E-state index in [4.69, 9.17) is 27.9 Å². The third-order valence-corrected chi connectivity index (χ3v) is 7.08. The zero-order chi connectivity index (χ0) is 23.6. The highest BCUT2D eigenvalue weighted by Crippen LogP contribution is 2.35. The van der Waals surface area contributed by atoms with Gasteiger partial charge in [-0.25, -0.2) is 4.79 Å². The lowest BCUT2D eigenvalue weighted by Gasteiger charge is -2.39. The predicted octanol–water partition coefficient (Wildman–Crippen LogP) is 5.60. The summed E-state index contributed by atoms with van der Waals surface area (Å²) >= 11 is 12.5. The van der Waals surface area contributed by atoms with E-state index in [9.17, 15) is 4.79 Å². The summed E-state index contributed by atoms with van der Waals surface area (Å²) in [5.41, 5.74) is 1.19. The first-order valence-corrected chi connectivity index (χ1v) is 12.3. The summed E-state index contributed by atoms with van der Waals surface area (Å²) in [5.74, 6) is 0.748. The van der Waals surface area contributed by atoms with Crippen LogP contribution in [0.4, 0.5) is 16.2 Å². The van der Waals surface area contributed by atoms with Crippen LogP contribution in [0.2, 0.25) is 10.0 Å². The van der Waals surface area contributed by atoms with Crippen LogP contribution in [0.1, 0.15) is 27.2 Å². The van der Waals surface area contributed by atoms with Crippen molar-refractivity contribution in [3.63, 3.8) is 0 Å². The Balaban J connectivity index is 1.42. The Morgan fingerprint density at radius 1 is 1.03 bits per heavy atom. The molecule has 4 rings (SSSR count). The summed E-state index contributed by atoms with van der Waals surface area (Å²) in [7, 11) is 0. The van der Waals surface area contributed by atoms with E-state index in [1.165, 1.54) is 0 Å². The van der Waals surface area contributed by atoms with Crippen LogP contribution in [0, 0.1) is 0 Å². The van der Waals surface area contributed by atoms with Gasteiger partial charge in [0, 0.05) is 50.2 Å². The first kappa shape index (κ1) is 24.0. The lowest BCUT2D eigenvalue weighted by molar-refractivity contribution is 0.100. The molecule has 0 aromatic heterocycles. The van der Waals surface area contributed by atoms with E-state index in [0.29, 0.717) is 34.9 Å². The number of hydrogen-bond acceptors (Lipinski definition) is 4. The molecule has 6 nitrogen and oxygen atoms in total. The van der Waals surface area contributed by atoms with Crippen molar-refractivity contribution >= 4 is 40.6 Å². The number of likely N-dealkylation sites (tertiary alicyclic amines) is 1. The first-order chi connectivity index (χ1) is 15.7. The Morgan fingerprint density at radius 3 is 2.39 bits per heavy atom. The Labute approximate surface area is 206 Å². The fourth-order valence-electron chi connectivity index (χ4n) is 4.54. The van der Waals surface area contributed by atoms with E-state index >= 15 is 0 Å². The predicted molar refractivity (Wildman–Crippen MR) is 136 cm³/mol. The number of halogens is 2. The topological polar surface area (TPSA) is 48.0 Å². The molecule has 0 aliphatic carbocycles. The van der Waals surface area contributed by atoms with Gasteiger partial charge in [-0.1, -0.05) is 29.3 Å². The van der Waals surface area contributed by atoms with Crippen LogP contribution < -0.4 is 15.0 Å². The third-order valence-electron chi connectivity index (χ3n) is 6.51. The van der Waals surface area contributed by atoms with Crippen molar-refractivity contribution in [2.75, 3.05) is 49.5 Å². The number of anilines is 2. The van der Waals surface area contributed by atoms with Crippen LogP contribution in [0.5, 0.6) is 5.75 Å². The second-order valence-electron chi connectivity index (χ2n) is 9.36. The van der Waals surface area contributed by atoms with Gasteiger partial charge in [0.2, 0.25) is 0 Å². The number of para-hydroxylation sites is 1. The molecule has 0 unspecified atom stereocenters. The number of hydrogen-bond donors (Lipinski definition) is 1. The van der Waals surface area contributed by atoms with Gasteiger partial charge in [-0.2, -0.15) is 0 Å². The lowest BCUT2D eigenvalue weighted by Crippen LogP contribution is -2.49. The van der Waals surface area contributed by atoms with Gasteiger partial charge in [0.25, 0.3) is 0 Å². The molecule has 2 aromatic carbocycles. The fraction of sp³-hybridized carbons (Fsp3) is 0.480. The average Bonchev–Trinajstić information content (AvgIpc) is 3.18. The summed E-state index contributed by atoms with van der Waals surface area (Å²) in [6.45, 7) is 11.4. The number of amides is 2. The Hall–Kier alpha value is -2.15. The van der Waals surface area contributed by atoms with Gasteiger partial charge in [-0.3, -0.25) is 4.90 Å². The van der Waals surface area contributed by atoms with E-state index in [1.54, 1.807) is 17.0 Å². The Kier molecular flexibility index (Phi) is 7.27. The van der Waals surface area contributed by atoms with Crippen molar-refractivity contribution < 1.29 is 9.53 Å². The SMILES string of the molecule is CC(C)N1CCN(c2cccc(Cl)c2NC(=O)N2CC[C@@](C)(Oc3ccc(Cl)cc3)C2)CC1. The summed E-state index contributed by atoms with van der Waals surface area (Å²) in [6.07, 6.45) is 0.746. The maximum absolute atomic E-state index is 13.2. The zero-order valence-corrected chi connectivity index (χ0v) is 21.0. The normalized spacial score (nSPS) is 21.5. The van der Waals surface area contributed by atoms with Crippen molar-refractivity contribution in [1.29, 1.82) is 0 Å². The summed E-state index contributed by atoms with van der Waals surface area (Å²) in [6, 6.07) is 13.5. The molecule has 1 atom stereocenters. The van der Waals surface area contributed by atoms with Gasteiger partial charge in [-0.05, 0) is 57.2 Å². The number of rotatable bonds is 5. The minimum atomic E-state index is -0.457. The molecular formula is C25H32Cl2N4O2. The molecule has 2 aliphatic heterocycles. The number of carbonyl (C=O) groups excluding carboxylic acids is 1. The zero-order valence-electron chi connectivity index (χ0n) is 19.5. The second-order valence-corrected chi connectivity index (χ2v) is 10.2. The number of ether oxygens (including phenoxy) is 1. The molecule has 0 radical (unpaired) electrons. The molecule has 33 heavy (non-hydrogen) atoms. The molecular weight excluding hydrogens is 459 g/mol. The number of nitrogens with one attached hydrogen (secondary N) is 1.